The second-order valence-corrected chi connectivity index (χ2v) is 7.97. The van der Waals surface area contributed by atoms with Gasteiger partial charge in [0.05, 0.1) is 19.3 Å². The Morgan fingerprint density at radius 1 is 1.17 bits per heavy atom. The summed E-state index contributed by atoms with van der Waals surface area (Å²) in [7, 11) is -4.12. The van der Waals surface area contributed by atoms with Gasteiger partial charge in [-0.25, -0.2) is 21.6 Å². The van der Waals surface area contributed by atoms with Gasteiger partial charge >= 0.3 is 0 Å². The number of hydrogen-bond donors (Lipinski definition) is 0. The highest BCUT2D eigenvalue weighted by Gasteiger charge is 2.37. The fourth-order valence-corrected chi connectivity index (χ4v) is 5.27. The summed E-state index contributed by atoms with van der Waals surface area (Å²) >= 11 is 0.760. The molecule has 23 heavy (non-hydrogen) atoms. The predicted molar refractivity (Wildman–Crippen MR) is 78.1 cm³/mol. The van der Waals surface area contributed by atoms with Crippen LogP contribution >= 0.6 is 11.3 Å². The third-order valence-corrected chi connectivity index (χ3v) is 6.80. The lowest BCUT2D eigenvalue weighted by Gasteiger charge is -2.34. The zero-order chi connectivity index (χ0) is 16.6. The maximum absolute atomic E-state index is 13.7. The summed E-state index contributed by atoms with van der Waals surface area (Å²) in [5.74, 6) is -2.47. The molecule has 4 nitrogen and oxygen atoms in total. The molecule has 1 unspecified atom stereocenters. The van der Waals surface area contributed by atoms with Crippen LogP contribution in [-0.2, 0) is 14.8 Å². The molecular formula is C14H12F3NO3S2. The van der Waals surface area contributed by atoms with Crippen molar-refractivity contribution in [2.24, 2.45) is 0 Å². The van der Waals surface area contributed by atoms with E-state index in [1.165, 1.54) is 5.38 Å². The van der Waals surface area contributed by atoms with E-state index >= 15 is 0 Å². The Bertz CT molecular complexity index is 802. The van der Waals surface area contributed by atoms with E-state index in [1.54, 1.807) is 0 Å². The quantitative estimate of drug-likeness (QED) is 0.842. The first kappa shape index (κ1) is 16.4. The van der Waals surface area contributed by atoms with Crippen molar-refractivity contribution in [1.82, 2.24) is 4.31 Å². The van der Waals surface area contributed by atoms with E-state index < -0.39 is 37.7 Å². The summed E-state index contributed by atoms with van der Waals surface area (Å²) in [6.07, 6.45) is 0. The van der Waals surface area contributed by atoms with Gasteiger partial charge < -0.3 is 4.74 Å². The van der Waals surface area contributed by atoms with Crippen molar-refractivity contribution in [3.63, 3.8) is 0 Å². The maximum Gasteiger partial charge on any atom is 0.256 e. The van der Waals surface area contributed by atoms with Crippen LogP contribution in [-0.4, -0.2) is 32.5 Å². The number of nitrogens with zero attached hydrogens (tertiary/aromatic N) is 1. The fourth-order valence-electron chi connectivity index (χ4n) is 2.48. The standard InChI is InChI=1S/C14H12F3NO3S2/c15-10-5-9(6-11(16)7-10)13-8-21-3-2-18(13)23(19,20)14-12(17)1-4-22-14/h1,4-7,13H,2-3,8H2. The largest absolute Gasteiger partial charge is 0.378 e. The lowest BCUT2D eigenvalue weighted by Crippen LogP contribution is -2.43. The normalized spacial score (nSPS) is 19.9. The van der Waals surface area contributed by atoms with Gasteiger partial charge in [-0.2, -0.15) is 4.31 Å². The van der Waals surface area contributed by atoms with Crippen molar-refractivity contribution in [1.29, 1.82) is 0 Å². The van der Waals surface area contributed by atoms with E-state index in [2.05, 4.69) is 0 Å². The molecule has 1 aromatic heterocycles. The molecule has 1 aliphatic rings. The third-order valence-electron chi connectivity index (χ3n) is 3.48. The smallest absolute Gasteiger partial charge is 0.256 e. The fraction of sp³-hybridized carbons (Fsp3) is 0.286. The Hall–Kier alpha value is -1.42. The van der Waals surface area contributed by atoms with Crippen LogP contribution in [0.15, 0.2) is 33.9 Å². The minimum atomic E-state index is -4.12. The number of rotatable bonds is 3. The van der Waals surface area contributed by atoms with Gasteiger partial charge in [0.25, 0.3) is 10.0 Å². The average Bonchev–Trinajstić information content (AvgIpc) is 2.93. The molecule has 1 saturated heterocycles. The van der Waals surface area contributed by atoms with E-state index in [0.717, 1.165) is 33.8 Å². The molecule has 9 heteroatoms. The topological polar surface area (TPSA) is 46.6 Å². The van der Waals surface area contributed by atoms with Crippen molar-refractivity contribution in [2.75, 3.05) is 19.8 Å². The van der Waals surface area contributed by atoms with Gasteiger partial charge in [0.1, 0.15) is 11.6 Å². The first-order chi connectivity index (χ1) is 10.9. The van der Waals surface area contributed by atoms with E-state index in [-0.39, 0.29) is 25.3 Å². The zero-order valence-electron chi connectivity index (χ0n) is 11.7. The molecule has 0 spiro atoms. The summed E-state index contributed by atoms with van der Waals surface area (Å²) in [4.78, 5) is 0. The molecule has 1 aromatic carbocycles. The average molecular weight is 363 g/mol. The molecule has 1 atom stereocenters. The minimum Gasteiger partial charge on any atom is -0.378 e. The number of thiophene rings is 1. The molecular weight excluding hydrogens is 351 g/mol. The van der Waals surface area contributed by atoms with Crippen LogP contribution in [0.25, 0.3) is 0 Å². The van der Waals surface area contributed by atoms with Gasteiger partial charge in [-0.05, 0) is 29.1 Å². The van der Waals surface area contributed by atoms with Gasteiger partial charge in [-0.15, -0.1) is 11.3 Å². The molecule has 0 saturated carbocycles. The van der Waals surface area contributed by atoms with Crippen LogP contribution in [0.5, 0.6) is 0 Å². The molecule has 3 rings (SSSR count). The molecule has 0 aliphatic carbocycles. The Balaban J connectivity index is 2.04. The van der Waals surface area contributed by atoms with Gasteiger partial charge in [0, 0.05) is 12.6 Å². The number of benzene rings is 1. The monoisotopic (exact) mass is 363 g/mol. The minimum absolute atomic E-state index is 0.0253. The summed E-state index contributed by atoms with van der Waals surface area (Å²) in [5, 5.41) is 1.33. The van der Waals surface area contributed by atoms with Crippen molar-refractivity contribution < 1.29 is 26.3 Å². The number of ether oxygens (including phenoxy) is 1. The van der Waals surface area contributed by atoms with Crippen LogP contribution < -0.4 is 0 Å². The summed E-state index contributed by atoms with van der Waals surface area (Å²) in [5.41, 5.74) is 0.128. The van der Waals surface area contributed by atoms with Gasteiger partial charge in [-0.1, -0.05) is 0 Å². The summed E-state index contributed by atoms with van der Waals surface area (Å²) in [6, 6.07) is 2.95. The predicted octanol–water partition coefficient (Wildman–Crippen LogP) is 2.93. The molecule has 0 N–H and O–H groups in total. The lowest BCUT2D eigenvalue weighted by molar-refractivity contribution is 0.0319. The van der Waals surface area contributed by atoms with Crippen molar-refractivity contribution in [3.05, 3.63) is 52.7 Å². The highest BCUT2D eigenvalue weighted by molar-refractivity contribution is 7.91. The highest BCUT2D eigenvalue weighted by atomic mass is 32.2. The Morgan fingerprint density at radius 3 is 2.48 bits per heavy atom. The van der Waals surface area contributed by atoms with Gasteiger partial charge in [0.15, 0.2) is 10.0 Å². The van der Waals surface area contributed by atoms with Crippen molar-refractivity contribution in [2.45, 2.75) is 10.3 Å². The van der Waals surface area contributed by atoms with Crippen LogP contribution in [0.2, 0.25) is 0 Å². The summed E-state index contributed by atoms with van der Waals surface area (Å²) in [6.45, 7) is 0.0398. The first-order valence-corrected chi connectivity index (χ1v) is 9.00. The number of halogens is 3. The Kier molecular flexibility index (Phi) is 4.45. The zero-order valence-corrected chi connectivity index (χ0v) is 13.3. The molecule has 1 fully saturated rings. The second-order valence-electron chi connectivity index (χ2n) is 4.97. The Labute approximate surface area is 135 Å². The number of morpholine rings is 1. The molecule has 0 radical (unpaired) electrons. The molecule has 2 aromatic rings. The lowest BCUT2D eigenvalue weighted by atomic mass is 10.1. The molecule has 0 bridgehead atoms. The van der Waals surface area contributed by atoms with Gasteiger partial charge in [0.2, 0.25) is 0 Å². The van der Waals surface area contributed by atoms with E-state index in [1.807, 2.05) is 0 Å². The maximum atomic E-state index is 13.7. The van der Waals surface area contributed by atoms with E-state index in [9.17, 15) is 21.6 Å². The SMILES string of the molecule is O=S(=O)(c1sccc1F)N1CCOCC1c1cc(F)cc(F)c1. The number of sulfonamides is 1. The molecule has 2 heterocycles. The van der Waals surface area contributed by atoms with E-state index in [0.29, 0.717) is 6.07 Å². The van der Waals surface area contributed by atoms with Gasteiger partial charge in [-0.3, -0.25) is 0 Å². The number of hydrogen-bond acceptors (Lipinski definition) is 4. The van der Waals surface area contributed by atoms with Crippen LogP contribution in [0, 0.1) is 17.5 Å². The van der Waals surface area contributed by atoms with Crippen LogP contribution in [0.3, 0.4) is 0 Å². The van der Waals surface area contributed by atoms with Crippen molar-refractivity contribution >= 4 is 21.4 Å². The Morgan fingerprint density at radius 2 is 1.87 bits per heavy atom. The molecule has 124 valence electrons. The molecule has 1 aliphatic heterocycles. The third kappa shape index (κ3) is 3.14. The van der Waals surface area contributed by atoms with Crippen LogP contribution in [0.4, 0.5) is 13.2 Å². The second kappa shape index (κ2) is 6.23. The molecule has 0 amide bonds. The first-order valence-electron chi connectivity index (χ1n) is 6.68. The van der Waals surface area contributed by atoms with Crippen molar-refractivity contribution in [3.8, 4) is 0 Å². The highest BCUT2D eigenvalue weighted by Crippen LogP contribution is 2.33. The summed E-state index contributed by atoms with van der Waals surface area (Å²) < 4.78 is 71.8. The van der Waals surface area contributed by atoms with E-state index in [4.69, 9.17) is 4.74 Å². The van der Waals surface area contributed by atoms with Crippen LogP contribution in [0.1, 0.15) is 11.6 Å².